The van der Waals surface area contributed by atoms with E-state index in [9.17, 15) is 10.2 Å². The lowest BCUT2D eigenvalue weighted by atomic mass is 9.87. The number of aromatic hydroxyl groups is 1. The monoisotopic (exact) mass is 448 g/mol. The van der Waals surface area contributed by atoms with E-state index in [-0.39, 0.29) is 5.75 Å². The predicted molar refractivity (Wildman–Crippen MR) is 146 cm³/mol. The van der Waals surface area contributed by atoms with Crippen molar-refractivity contribution in [2.24, 2.45) is 0 Å². The van der Waals surface area contributed by atoms with Crippen LogP contribution in [0.1, 0.15) is 17.2 Å². The predicted octanol–water partition coefficient (Wildman–Crippen LogP) is 8.27. The Morgan fingerprint density at radius 2 is 0.943 bits per heavy atom. The summed E-state index contributed by atoms with van der Waals surface area (Å²) < 4.78 is 0. The summed E-state index contributed by atoms with van der Waals surface area (Å²) in [5, 5.41) is 35.7. The van der Waals surface area contributed by atoms with Gasteiger partial charge in [-0.05, 0) is 83.2 Å². The van der Waals surface area contributed by atoms with Gasteiger partial charge in [-0.1, -0.05) is 84.9 Å². The topological polar surface area (TPSA) is 40.5 Å². The first-order valence-electron chi connectivity index (χ1n) is 11.9. The van der Waals surface area contributed by atoms with Crippen LogP contribution >= 0.6 is 0 Å². The third kappa shape index (κ3) is 2.47. The average Bonchev–Trinajstić information content (AvgIpc) is 2.90. The first kappa shape index (κ1) is 19.0. The number of benzene rings is 8. The Labute approximate surface area is 200 Å². The number of aliphatic hydroxyl groups is 1. The molecule has 164 valence electrons. The fourth-order valence-electron chi connectivity index (χ4n) is 6.16. The molecule has 0 aliphatic heterocycles. The van der Waals surface area contributed by atoms with Crippen LogP contribution in [0.5, 0.6) is 5.75 Å². The average molecular weight is 449 g/mol. The van der Waals surface area contributed by atoms with Gasteiger partial charge in [0.1, 0.15) is 11.9 Å². The maximum atomic E-state index is 11.7. The lowest BCUT2D eigenvalue weighted by Crippen LogP contribution is -2.02. The summed E-state index contributed by atoms with van der Waals surface area (Å²) in [6.45, 7) is 0. The van der Waals surface area contributed by atoms with E-state index in [1.165, 1.54) is 21.5 Å². The first-order valence-corrected chi connectivity index (χ1v) is 11.9. The molecule has 0 radical (unpaired) electrons. The van der Waals surface area contributed by atoms with E-state index >= 15 is 0 Å². The van der Waals surface area contributed by atoms with E-state index in [2.05, 4.69) is 72.8 Å². The number of aliphatic hydroxyl groups excluding tert-OH is 1. The van der Waals surface area contributed by atoms with E-state index in [0.29, 0.717) is 0 Å². The van der Waals surface area contributed by atoms with Gasteiger partial charge in [0.25, 0.3) is 0 Å². The Morgan fingerprint density at radius 1 is 0.457 bits per heavy atom. The van der Waals surface area contributed by atoms with Crippen LogP contribution in [0.3, 0.4) is 0 Å². The molecule has 0 bridgehead atoms. The summed E-state index contributed by atoms with van der Waals surface area (Å²) in [5.41, 5.74) is 1.76. The van der Waals surface area contributed by atoms with Crippen molar-refractivity contribution in [3.63, 3.8) is 0 Å². The molecule has 0 saturated carbocycles. The van der Waals surface area contributed by atoms with Crippen molar-refractivity contribution in [3.8, 4) is 5.75 Å². The molecule has 1 atom stereocenters. The van der Waals surface area contributed by atoms with Crippen molar-refractivity contribution < 1.29 is 10.2 Å². The summed E-state index contributed by atoms with van der Waals surface area (Å²) in [7, 11) is 0. The zero-order valence-electron chi connectivity index (χ0n) is 18.8. The van der Waals surface area contributed by atoms with Crippen molar-refractivity contribution >= 4 is 64.6 Å². The Kier molecular flexibility index (Phi) is 3.57. The minimum absolute atomic E-state index is 0.282. The van der Waals surface area contributed by atoms with Gasteiger partial charge >= 0.3 is 0 Å². The van der Waals surface area contributed by atoms with Crippen molar-refractivity contribution in [2.75, 3.05) is 0 Å². The van der Waals surface area contributed by atoms with Crippen LogP contribution in [-0.2, 0) is 0 Å². The lowest BCUT2D eigenvalue weighted by Gasteiger charge is -2.19. The summed E-state index contributed by atoms with van der Waals surface area (Å²) in [4.78, 5) is 0. The van der Waals surface area contributed by atoms with Crippen LogP contribution in [0, 0.1) is 0 Å². The molecule has 8 aromatic rings. The molecular weight excluding hydrogens is 428 g/mol. The van der Waals surface area contributed by atoms with Crippen LogP contribution in [0.4, 0.5) is 0 Å². The molecule has 0 fully saturated rings. The maximum Gasteiger partial charge on any atom is 0.123 e. The largest absolute Gasteiger partial charge is 0.507 e. The standard InChI is InChI=1S/C33H20O2/c34-28-15-11-21-8-12-25-26(13-9-20-10-14-27(28)32(21)31(20)25)33(35)24-16-22-6-4-18-2-1-3-19-5-7-23(17-24)30(22)29(18)19/h1-17,33-35H. The van der Waals surface area contributed by atoms with Crippen molar-refractivity contribution in [1.82, 2.24) is 0 Å². The molecular formula is C33H20O2. The summed E-state index contributed by atoms with van der Waals surface area (Å²) in [6, 6.07) is 35.4. The minimum atomic E-state index is -0.768. The van der Waals surface area contributed by atoms with Gasteiger partial charge in [0.2, 0.25) is 0 Å². The summed E-state index contributed by atoms with van der Waals surface area (Å²) in [5.74, 6) is 0.282. The van der Waals surface area contributed by atoms with Gasteiger partial charge in [0.15, 0.2) is 0 Å². The number of hydrogen-bond acceptors (Lipinski definition) is 2. The van der Waals surface area contributed by atoms with Gasteiger partial charge in [-0.15, -0.1) is 0 Å². The zero-order chi connectivity index (χ0) is 23.3. The fourth-order valence-corrected chi connectivity index (χ4v) is 6.16. The highest BCUT2D eigenvalue weighted by Crippen LogP contribution is 2.42. The van der Waals surface area contributed by atoms with Crippen LogP contribution in [-0.4, -0.2) is 10.2 Å². The molecule has 2 nitrogen and oxygen atoms in total. The second-order valence-corrected chi connectivity index (χ2v) is 9.62. The zero-order valence-corrected chi connectivity index (χ0v) is 18.8. The molecule has 0 spiro atoms. The molecule has 0 saturated heterocycles. The van der Waals surface area contributed by atoms with E-state index in [1.807, 2.05) is 24.3 Å². The minimum Gasteiger partial charge on any atom is -0.507 e. The molecule has 0 aliphatic rings. The Hall–Kier alpha value is -4.40. The Bertz CT molecular complexity index is 2020. The molecule has 0 heterocycles. The van der Waals surface area contributed by atoms with Crippen molar-refractivity contribution in [1.29, 1.82) is 0 Å². The molecule has 2 N–H and O–H groups in total. The Balaban J connectivity index is 1.40. The number of rotatable bonds is 2. The highest BCUT2D eigenvalue weighted by atomic mass is 16.3. The number of hydrogen-bond donors (Lipinski definition) is 2. The third-order valence-corrected chi connectivity index (χ3v) is 7.77. The second kappa shape index (κ2) is 6.59. The normalized spacial score (nSPS) is 13.3. The molecule has 35 heavy (non-hydrogen) atoms. The van der Waals surface area contributed by atoms with Crippen LogP contribution in [0.2, 0.25) is 0 Å². The summed E-state index contributed by atoms with van der Waals surface area (Å²) in [6.07, 6.45) is -0.768. The van der Waals surface area contributed by atoms with Gasteiger partial charge in [-0.2, -0.15) is 0 Å². The Morgan fingerprint density at radius 3 is 1.66 bits per heavy atom. The van der Waals surface area contributed by atoms with Crippen LogP contribution < -0.4 is 0 Å². The molecule has 0 amide bonds. The second-order valence-electron chi connectivity index (χ2n) is 9.62. The van der Waals surface area contributed by atoms with Gasteiger partial charge in [-0.25, -0.2) is 0 Å². The SMILES string of the molecule is Oc1ccc2ccc3c(C(O)c4cc5ccc6cccc7ccc(c4)c5c67)ccc4ccc1c2c43. The summed E-state index contributed by atoms with van der Waals surface area (Å²) >= 11 is 0. The highest BCUT2D eigenvalue weighted by molar-refractivity contribution is 6.25. The van der Waals surface area contributed by atoms with E-state index in [4.69, 9.17) is 0 Å². The van der Waals surface area contributed by atoms with Gasteiger partial charge in [0, 0.05) is 10.8 Å². The smallest absolute Gasteiger partial charge is 0.123 e. The van der Waals surface area contributed by atoms with E-state index in [1.54, 1.807) is 6.07 Å². The molecule has 8 aromatic carbocycles. The van der Waals surface area contributed by atoms with E-state index < -0.39 is 6.10 Å². The fraction of sp³-hybridized carbons (Fsp3) is 0.0303. The van der Waals surface area contributed by atoms with Gasteiger partial charge < -0.3 is 10.2 Å². The molecule has 2 heteroatoms. The van der Waals surface area contributed by atoms with Crippen molar-refractivity contribution in [2.45, 2.75) is 6.10 Å². The van der Waals surface area contributed by atoms with Gasteiger partial charge in [-0.3, -0.25) is 0 Å². The lowest BCUT2D eigenvalue weighted by molar-refractivity contribution is 0.222. The first-order chi connectivity index (χ1) is 17.2. The molecule has 0 aliphatic carbocycles. The van der Waals surface area contributed by atoms with Gasteiger partial charge in [0.05, 0.1) is 0 Å². The van der Waals surface area contributed by atoms with Crippen molar-refractivity contribution in [3.05, 3.63) is 114 Å². The molecule has 0 aromatic heterocycles. The van der Waals surface area contributed by atoms with E-state index in [0.717, 1.165) is 54.2 Å². The number of phenolic OH excluding ortho intramolecular Hbond substituents is 1. The maximum absolute atomic E-state index is 11.7. The number of phenols is 1. The third-order valence-electron chi connectivity index (χ3n) is 7.77. The van der Waals surface area contributed by atoms with Crippen LogP contribution in [0.15, 0.2) is 103 Å². The molecule has 1 unspecified atom stereocenters. The highest BCUT2D eigenvalue weighted by Gasteiger charge is 2.19. The molecule has 8 rings (SSSR count). The quantitative estimate of drug-likeness (QED) is 0.261. The van der Waals surface area contributed by atoms with Crippen LogP contribution in [0.25, 0.3) is 64.6 Å².